The van der Waals surface area contributed by atoms with Gasteiger partial charge in [0, 0.05) is 0 Å². The fraction of sp³-hybridized carbons (Fsp3) is 0. The molecule has 4 nitrogen and oxygen atoms in total. The van der Waals surface area contributed by atoms with Crippen LogP contribution in [0, 0.1) is 11.6 Å². The first kappa shape index (κ1) is 17.1. The molecule has 4 rings (SSSR count). The Bertz CT molecular complexity index is 1160. The lowest BCUT2D eigenvalue weighted by Crippen LogP contribution is -1.96. The Hall–Kier alpha value is -3.32. The van der Waals surface area contributed by atoms with E-state index in [0.717, 1.165) is 0 Å². The molecule has 134 valence electrons. The van der Waals surface area contributed by atoms with Crippen LogP contribution in [-0.2, 0) is 0 Å². The zero-order chi connectivity index (χ0) is 19.0. The Balaban J connectivity index is 1.60. The fourth-order valence-electron chi connectivity index (χ4n) is 2.67. The van der Waals surface area contributed by atoms with Gasteiger partial charge in [0.1, 0.15) is 11.6 Å². The summed E-state index contributed by atoms with van der Waals surface area (Å²) < 4.78 is 28.5. The minimum Gasteiger partial charge on any atom is -0.478 e. The van der Waals surface area contributed by atoms with Crippen molar-refractivity contribution in [3.05, 3.63) is 77.9 Å². The first-order chi connectivity index (χ1) is 13.0. The smallest absolute Gasteiger partial charge is 0.335 e. The number of rotatable bonds is 4. The van der Waals surface area contributed by atoms with Crippen molar-refractivity contribution in [2.45, 2.75) is 0 Å². The van der Waals surface area contributed by atoms with Crippen molar-refractivity contribution in [3.8, 4) is 11.1 Å². The molecular weight excluding hydrogens is 370 g/mol. The molecule has 0 atom stereocenters. The normalized spacial score (nSPS) is 10.9. The number of carboxylic acids is 1. The van der Waals surface area contributed by atoms with Crippen molar-refractivity contribution < 1.29 is 18.7 Å². The molecule has 0 aliphatic heterocycles. The molecule has 0 saturated heterocycles. The van der Waals surface area contributed by atoms with Crippen LogP contribution in [0.5, 0.6) is 0 Å². The minimum absolute atomic E-state index is 0.171. The molecule has 0 radical (unpaired) electrons. The van der Waals surface area contributed by atoms with Gasteiger partial charge in [0.15, 0.2) is 5.13 Å². The monoisotopic (exact) mass is 382 g/mol. The molecule has 0 amide bonds. The summed E-state index contributed by atoms with van der Waals surface area (Å²) in [5.74, 6) is -1.83. The van der Waals surface area contributed by atoms with Crippen LogP contribution in [-0.4, -0.2) is 16.1 Å². The number of hydrogen-bond acceptors (Lipinski definition) is 4. The predicted molar refractivity (Wildman–Crippen MR) is 102 cm³/mol. The highest BCUT2D eigenvalue weighted by atomic mass is 32.1. The molecule has 3 aromatic carbocycles. The number of halogens is 2. The summed E-state index contributed by atoms with van der Waals surface area (Å²) in [6.07, 6.45) is 0. The summed E-state index contributed by atoms with van der Waals surface area (Å²) >= 11 is 1.24. The first-order valence-corrected chi connectivity index (χ1v) is 8.78. The molecule has 7 heteroatoms. The maximum Gasteiger partial charge on any atom is 0.335 e. The molecule has 27 heavy (non-hydrogen) atoms. The number of carbonyl (C=O) groups is 1. The summed E-state index contributed by atoms with van der Waals surface area (Å²) in [7, 11) is 0. The number of nitrogens with one attached hydrogen (secondary N) is 1. The van der Waals surface area contributed by atoms with Gasteiger partial charge < -0.3 is 10.4 Å². The summed E-state index contributed by atoms with van der Waals surface area (Å²) in [6.45, 7) is 0. The van der Waals surface area contributed by atoms with Gasteiger partial charge in [0.2, 0.25) is 0 Å². The highest BCUT2D eigenvalue weighted by molar-refractivity contribution is 7.22. The molecule has 1 heterocycles. The van der Waals surface area contributed by atoms with E-state index in [1.54, 1.807) is 30.3 Å². The quantitative estimate of drug-likeness (QED) is 0.476. The molecule has 0 saturated carbocycles. The van der Waals surface area contributed by atoms with Crippen LogP contribution >= 0.6 is 11.3 Å². The van der Waals surface area contributed by atoms with Crippen molar-refractivity contribution in [2.75, 3.05) is 5.32 Å². The Labute approximate surface area is 156 Å². The van der Waals surface area contributed by atoms with E-state index in [9.17, 15) is 13.6 Å². The molecule has 0 aliphatic rings. The summed E-state index contributed by atoms with van der Waals surface area (Å²) in [5, 5.41) is 12.3. The Kier molecular flexibility index (Phi) is 4.29. The zero-order valence-electron chi connectivity index (χ0n) is 13.7. The molecule has 0 fully saturated rings. The van der Waals surface area contributed by atoms with Crippen LogP contribution in [0.2, 0.25) is 0 Å². The number of aromatic nitrogens is 1. The molecule has 0 aliphatic carbocycles. The van der Waals surface area contributed by atoms with Gasteiger partial charge in [0.25, 0.3) is 0 Å². The molecule has 4 aromatic rings. The van der Waals surface area contributed by atoms with Crippen LogP contribution in [0.1, 0.15) is 10.4 Å². The number of thiazole rings is 1. The number of anilines is 2. The Morgan fingerprint density at radius 2 is 1.70 bits per heavy atom. The summed E-state index contributed by atoms with van der Waals surface area (Å²) in [4.78, 5) is 15.2. The highest BCUT2D eigenvalue weighted by Crippen LogP contribution is 2.31. The maximum atomic E-state index is 14.5. The van der Waals surface area contributed by atoms with Crippen LogP contribution < -0.4 is 5.32 Å². The van der Waals surface area contributed by atoms with E-state index < -0.39 is 11.8 Å². The van der Waals surface area contributed by atoms with Gasteiger partial charge in [-0.05, 0) is 53.6 Å². The average Bonchev–Trinajstić information content (AvgIpc) is 3.05. The number of carboxylic acid groups (broad SMARTS) is 1. The highest BCUT2D eigenvalue weighted by Gasteiger charge is 2.10. The lowest BCUT2D eigenvalue weighted by atomic mass is 10.0. The van der Waals surface area contributed by atoms with Crippen molar-refractivity contribution in [1.29, 1.82) is 0 Å². The van der Waals surface area contributed by atoms with Gasteiger partial charge in [-0.1, -0.05) is 29.5 Å². The third kappa shape index (κ3) is 3.50. The van der Waals surface area contributed by atoms with Crippen LogP contribution in [0.15, 0.2) is 60.7 Å². The standard InChI is InChI=1S/C20H12F2N2O2S/c21-14-6-8-17-18(10-14)27-20(24-17)23-16-7-5-13(9-15(16)22)11-1-3-12(4-2-11)19(25)26/h1-10H,(H,23,24)(H,25,26). The topological polar surface area (TPSA) is 62.2 Å². The van der Waals surface area contributed by atoms with Crippen molar-refractivity contribution in [2.24, 2.45) is 0 Å². The second kappa shape index (κ2) is 6.77. The lowest BCUT2D eigenvalue weighted by Gasteiger charge is -2.07. The Morgan fingerprint density at radius 3 is 2.41 bits per heavy atom. The van der Waals surface area contributed by atoms with Gasteiger partial charge in [-0.3, -0.25) is 0 Å². The lowest BCUT2D eigenvalue weighted by molar-refractivity contribution is 0.0697. The molecule has 0 spiro atoms. The summed E-state index contributed by atoms with van der Waals surface area (Å²) in [6, 6.07) is 15.2. The molecule has 0 bridgehead atoms. The van der Waals surface area contributed by atoms with Crippen LogP contribution in [0.3, 0.4) is 0 Å². The van der Waals surface area contributed by atoms with Crippen molar-refractivity contribution in [3.63, 3.8) is 0 Å². The number of benzene rings is 3. The number of fused-ring (bicyclic) bond motifs is 1. The number of nitrogens with zero attached hydrogens (tertiary/aromatic N) is 1. The van der Waals surface area contributed by atoms with Gasteiger partial charge >= 0.3 is 5.97 Å². The number of hydrogen-bond donors (Lipinski definition) is 2. The van der Waals surface area contributed by atoms with E-state index >= 15 is 0 Å². The van der Waals surface area contributed by atoms with E-state index in [0.29, 0.717) is 26.5 Å². The van der Waals surface area contributed by atoms with Gasteiger partial charge in [0.05, 0.1) is 21.5 Å². The van der Waals surface area contributed by atoms with Gasteiger partial charge in [-0.2, -0.15) is 0 Å². The van der Waals surface area contributed by atoms with Gasteiger partial charge in [-0.15, -0.1) is 0 Å². The van der Waals surface area contributed by atoms with Gasteiger partial charge in [-0.25, -0.2) is 18.6 Å². The molecule has 2 N–H and O–H groups in total. The second-order valence-corrected chi connectivity index (χ2v) is 6.86. The van der Waals surface area contributed by atoms with E-state index in [1.165, 1.54) is 41.7 Å². The van der Waals surface area contributed by atoms with E-state index in [2.05, 4.69) is 10.3 Å². The third-order valence-electron chi connectivity index (χ3n) is 4.03. The Morgan fingerprint density at radius 1 is 0.963 bits per heavy atom. The summed E-state index contributed by atoms with van der Waals surface area (Å²) in [5.41, 5.74) is 2.40. The fourth-order valence-corrected chi connectivity index (χ4v) is 3.57. The predicted octanol–water partition coefficient (Wildman–Crippen LogP) is 5.68. The average molecular weight is 382 g/mol. The molecule has 0 unspecified atom stereocenters. The molecular formula is C20H12F2N2O2S. The molecule has 1 aromatic heterocycles. The largest absolute Gasteiger partial charge is 0.478 e. The van der Waals surface area contributed by atoms with E-state index in [4.69, 9.17) is 5.11 Å². The SMILES string of the molecule is O=C(O)c1ccc(-c2ccc(Nc3nc4ccc(F)cc4s3)c(F)c2)cc1. The number of aromatic carboxylic acids is 1. The second-order valence-electron chi connectivity index (χ2n) is 5.83. The minimum atomic E-state index is -1.01. The van der Waals surface area contributed by atoms with Crippen molar-refractivity contribution >= 4 is 38.3 Å². The van der Waals surface area contributed by atoms with Crippen LogP contribution in [0.25, 0.3) is 21.3 Å². The zero-order valence-corrected chi connectivity index (χ0v) is 14.6. The van der Waals surface area contributed by atoms with Crippen LogP contribution in [0.4, 0.5) is 19.6 Å². The maximum absolute atomic E-state index is 14.5. The van der Waals surface area contributed by atoms with Crippen molar-refractivity contribution in [1.82, 2.24) is 4.98 Å². The van der Waals surface area contributed by atoms with E-state index in [-0.39, 0.29) is 17.1 Å². The van der Waals surface area contributed by atoms with E-state index in [1.807, 2.05) is 0 Å². The third-order valence-corrected chi connectivity index (χ3v) is 4.96. The first-order valence-electron chi connectivity index (χ1n) is 7.96.